The number of ether oxygens (including phenoxy) is 1. The molecule has 0 unspecified atom stereocenters. The van der Waals surface area contributed by atoms with Crippen molar-refractivity contribution in [3.8, 4) is 5.75 Å². The van der Waals surface area contributed by atoms with Crippen molar-refractivity contribution in [2.75, 3.05) is 6.26 Å². The lowest BCUT2D eigenvalue weighted by atomic mass is 10.2. The van der Waals surface area contributed by atoms with Crippen LogP contribution in [0.2, 0.25) is 0 Å². The van der Waals surface area contributed by atoms with Crippen molar-refractivity contribution >= 4 is 33.9 Å². The first-order valence-corrected chi connectivity index (χ1v) is 8.95. The number of hydrogen-bond acceptors (Lipinski definition) is 6. The van der Waals surface area contributed by atoms with E-state index in [4.69, 9.17) is 4.74 Å². The molecule has 0 amide bonds. The molecule has 8 heteroatoms. The van der Waals surface area contributed by atoms with Crippen LogP contribution in [0.5, 0.6) is 5.75 Å². The molecule has 0 N–H and O–H groups in total. The fourth-order valence-electron chi connectivity index (χ4n) is 1.74. The molecule has 0 spiro atoms. The van der Waals surface area contributed by atoms with E-state index in [0.717, 1.165) is 15.8 Å². The minimum Gasteiger partial charge on any atom is -0.490 e. The highest BCUT2D eigenvalue weighted by molar-refractivity contribution is 9.10. The van der Waals surface area contributed by atoms with E-state index in [1.165, 1.54) is 16.4 Å². The molecule has 23 heavy (non-hydrogen) atoms. The van der Waals surface area contributed by atoms with Gasteiger partial charge in [0.15, 0.2) is 0 Å². The molecule has 0 saturated heterocycles. The quantitative estimate of drug-likeness (QED) is 0.573. The van der Waals surface area contributed by atoms with Crippen molar-refractivity contribution in [2.24, 2.45) is 5.10 Å². The molecular weight excluding hydrogens is 380 g/mol. The van der Waals surface area contributed by atoms with Gasteiger partial charge in [-0.1, -0.05) is 11.8 Å². The maximum atomic E-state index is 12.1. The summed E-state index contributed by atoms with van der Waals surface area (Å²) in [7, 11) is 0. The Morgan fingerprint density at radius 1 is 1.39 bits per heavy atom. The van der Waals surface area contributed by atoms with Crippen LogP contribution in [0.3, 0.4) is 0 Å². The van der Waals surface area contributed by atoms with Crippen LogP contribution in [0.25, 0.3) is 0 Å². The zero-order valence-corrected chi connectivity index (χ0v) is 15.7. The van der Waals surface area contributed by atoms with Crippen molar-refractivity contribution in [2.45, 2.75) is 32.0 Å². The van der Waals surface area contributed by atoms with Crippen molar-refractivity contribution in [3.05, 3.63) is 44.3 Å². The maximum Gasteiger partial charge on any atom is 0.296 e. The van der Waals surface area contributed by atoms with E-state index in [1.54, 1.807) is 13.1 Å². The monoisotopic (exact) mass is 396 g/mol. The molecule has 6 nitrogen and oxygen atoms in total. The summed E-state index contributed by atoms with van der Waals surface area (Å²) in [4.78, 5) is 12.1. The lowest BCUT2D eigenvalue weighted by molar-refractivity contribution is 0.241. The highest BCUT2D eigenvalue weighted by Crippen LogP contribution is 2.26. The highest BCUT2D eigenvalue weighted by Gasteiger charge is 2.08. The number of hydrogen-bond donors (Lipinski definition) is 0. The number of aryl methyl sites for hydroxylation is 1. The Morgan fingerprint density at radius 2 is 2.13 bits per heavy atom. The predicted molar refractivity (Wildman–Crippen MR) is 95.7 cm³/mol. The Balaban J connectivity index is 2.33. The number of rotatable bonds is 5. The van der Waals surface area contributed by atoms with Gasteiger partial charge in [0.05, 0.1) is 16.8 Å². The molecule has 2 rings (SSSR count). The first-order chi connectivity index (χ1) is 10.9. The Labute approximate surface area is 147 Å². The van der Waals surface area contributed by atoms with E-state index in [9.17, 15) is 4.79 Å². The second-order valence-electron chi connectivity index (χ2n) is 4.99. The first-order valence-electron chi connectivity index (χ1n) is 6.93. The minimum absolute atomic E-state index is 0.0967. The zero-order valence-electron chi connectivity index (χ0n) is 13.3. The summed E-state index contributed by atoms with van der Waals surface area (Å²) in [6.07, 6.45) is 3.52. The van der Waals surface area contributed by atoms with Gasteiger partial charge in [0.1, 0.15) is 11.4 Å². The summed E-state index contributed by atoms with van der Waals surface area (Å²) in [5.74, 6) is 0.764. The summed E-state index contributed by atoms with van der Waals surface area (Å²) in [5, 5.41) is 12.5. The Hall–Kier alpha value is -1.67. The summed E-state index contributed by atoms with van der Waals surface area (Å²) in [5.41, 5.74) is 0.864. The molecule has 1 aromatic carbocycles. The molecule has 1 aromatic heterocycles. The molecule has 0 aliphatic carbocycles. The fourth-order valence-corrected chi connectivity index (χ4v) is 2.66. The molecule has 0 radical (unpaired) electrons. The molecule has 0 saturated carbocycles. The molecule has 1 heterocycles. The zero-order chi connectivity index (χ0) is 17.0. The van der Waals surface area contributed by atoms with Gasteiger partial charge in [-0.2, -0.15) is 9.78 Å². The predicted octanol–water partition coefficient (Wildman–Crippen LogP) is 3.10. The second-order valence-corrected chi connectivity index (χ2v) is 6.62. The molecular formula is C15H17BrN4O2S. The summed E-state index contributed by atoms with van der Waals surface area (Å²) in [6.45, 7) is 5.55. The number of nitrogens with zero attached hydrogens (tertiary/aromatic N) is 4. The largest absolute Gasteiger partial charge is 0.490 e. The van der Waals surface area contributed by atoms with Crippen LogP contribution in [-0.2, 0) is 0 Å². The number of benzene rings is 1. The third-order valence-electron chi connectivity index (χ3n) is 2.79. The normalized spacial score (nSPS) is 11.4. The fraction of sp³-hybridized carbons (Fsp3) is 0.333. The molecule has 2 aromatic rings. The van der Waals surface area contributed by atoms with Crippen molar-refractivity contribution < 1.29 is 4.74 Å². The van der Waals surface area contributed by atoms with Crippen LogP contribution in [0.4, 0.5) is 0 Å². The molecule has 0 atom stereocenters. The molecule has 0 bridgehead atoms. The van der Waals surface area contributed by atoms with E-state index < -0.39 is 0 Å². The van der Waals surface area contributed by atoms with Gasteiger partial charge in [0.25, 0.3) is 5.56 Å². The minimum atomic E-state index is -0.278. The van der Waals surface area contributed by atoms with Gasteiger partial charge in [0.2, 0.25) is 5.16 Å². The SMILES string of the molecule is CSc1nnc(C)c(=O)n1/N=C\c1ccc(OC(C)C)c(Br)c1. The van der Waals surface area contributed by atoms with Crippen LogP contribution in [-0.4, -0.2) is 33.4 Å². The molecule has 0 aliphatic heterocycles. The van der Waals surface area contributed by atoms with Gasteiger partial charge in [-0.3, -0.25) is 4.79 Å². The Morgan fingerprint density at radius 3 is 2.74 bits per heavy atom. The second kappa shape index (κ2) is 7.74. The molecule has 0 fully saturated rings. The summed E-state index contributed by atoms with van der Waals surface area (Å²) < 4.78 is 7.75. The molecule has 122 valence electrons. The van der Waals surface area contributed by atoms with Crippen LogP contribution in [0.15, 0.2) is 37.7 Å². The van der Waals surface area contributed by atoms with Gasteiger partial charge in [-0.25, -0.2) is 0 Å². The van der Waals surface area contributed by atoms with Gasteiger partial charge in [-0.05, 0) is 66.7 Å². The van der Waals surface area contributed by atoms with Crippen LogP contribution in [0, 0.1) is 6.92 Å². The number of aromatic nitrogens is 3. The van der Waals surface area contributed by atoms with Crippen LogP contribution < -0.4 is 10.3 Å². The maximum absolute atomic E-state index is 12.1. The van der Waals surface area contributed by atoms with Crippen molar-refractivity contribution in [1.29, 1.82) is 0 Å². The lowest BCUT2D eigenvalue weighted by Crippen LogP contribution is -2.23. The smallest absolute Gasteiger partial charge is 0.296 e. The van der Waals surface area contributed by atoms with E-state index in [0.29, 0.717) is 10.9 Å². The first kappa shape index (κ1) is 17.7. The average Bonchev–Trinajstić information content (AvgIpc) is 2.51. The molecule has 0 aliphatic rings. The third kappa shape index (κ3) is 4.42. The van der Waals surface area contributed by atoms with Gasteiger partial charge in [0, 0.05) is 0 Å². The summed E-state index contributed by atoms with van der Waals surface area (Å²) in [6, 6.07) is 5.61. The van der Waals surface area contributed by atoms with Gasteiger partial charge < -0.3 is 4.74 Å². The summed E-state index contributed by atoms with van der Waals surface area (Å²) >= 11 is 4.79. The van der Waals surface area contributed by atoms with Gasteiger partial charge in [-0.15, -0.1) is 10.2 Å². The highest BCUT2D eigenvalue weighted by atomic mass is 79.9. The van der Waals surface area contributed by atoms with E-state index >= 15 is 0 Å². The average molecular weight is 397 g/mol. The van der Waals surface area contributed by atoms with E-state index in [1.807, 2.05) is 38.3 Å². The lowest BCUT2D eigenvalue weighted by Gasteiger charge is -2.11. The van der Waals surface area contributed by atoms with Crippen LogP contribution in [0.1, 0.15) is 25.1 Å². The number of thioether (sulfide) groups is 1. The number of halogens is 1. The Bertz CT molecular complexity index is 790. The van der Waals surface area contributed by atoms with Gasteiger partial charge >= 0.3 is 0 Å². The van der Waals surface area contributed by atoms with E-state index in [2.05, 4.69) is 31.2 Å². The van der Waals surface area contributed by atoms with Crippen molar-refractivity contribution in [1.82, 2.24) is 14.9 Å². The topological polar surface area (TPSA) is 69.4 Å². The van der Waals surface area contributed by atoms with Crippen molar-refractivity contribution in [3.63, 3.8) is 0 Å². The van der Waals surface area contributed by atoms with E-state index in [-0.39, 0.29) is 11.7 Å². The third-order valence-corrected chi connectivity index (χ3v) is 4.03. The standard InChI is InChI=1S/C15H17BrN4O2S/c1-9(2)22-13-6-5-11(7-12(13)16)8-17-20-14(21)10(3)18-19-15(20)23-4/h5-9H,1-4H3/b17-8-. The Kier molecular flexibility index (Phi) is 5.95. The van der Waals surface area contributed by atoms with Crippen LogP contribution >= 0.6 is 27.7 Å².